The minimum Gasteiger partial charge on any atom is -0.507 e. The lowest BCUT2D eigenvalue weighted by Crippen LogP contribution is -2.38. The van der Waals surface area contributed by atoms with Crippen LogP contribution in [-0.2, 0) is 6.42 Å². The Morgan fingerprint density at radius 2 is 2.10 bits per heavy atom. The van der Waals surface area contributed by atoms with Crippen LogP contribution in [0.3, 0.4) is 0 Å². The average molecular weight is 390 g/mol. The molecule has 1 aromatic carbocycles. The van der Waals surface area contributed by atoms with E-state index in [1.807, 2.05) is 25.1 Å². The molecule has 3 aromatic rings. The van der Waals surface area contributed by atoms with Gasteiger partial charge in [0.05, 0.1) is 11.7 Å². The van der Waals surface area contributed by atoms with Crippen molar-refractivity contribution in [2.24, 2.45) is 9.98 Å². The number of para-hydroxylation sites is 1. The summed E-state index contributed by atoms with van der Waals surface area (Å²) in [7, 11) is 0. The predicted octanol–water partition coefficient (Wildman–Crippen LogP) is 4.10. The van der Waals surface area contributed by atoms with E-state index in [0.29, 0.717) is 11.3 Å². The third-order valence-corrected chi connectivity index (χ3v) is 5.22. The lowest BCUT2D eigenvalue weighted by molar-refractivity contribution is 0.314. The summed E-state index contributed by atoms with van der Waals surface area (Å²) in [5.74, 6) is 0.960. The number of aromatic amines is 1. The van der Waals surface area contributed by atoms with Crippen LogP contribution in [0.2, 0.25) is 0 Å². The Morgan fingerprint density at radius 1 is 1.31 bits per heavy atom. The van der Waals surface area contributed by atoms with Crippen molar-refractivity contribution in [3.63, 3.8) is 0 Å². The van der Waals surface area contributed by atoms with E-state index in [9.17, 15) is 5.11 Å². The van der Waals surface area contributed by atoms with Crippen LogP contribution in [0.1, 0.15) is 45.0 Å². The molecule has 2 N–H and O–H groups in total. The Balaban J connectivity index is 1.81. The van der Waals surface area contributed by atoms with Crippen LogP contribution in [0, 0.1) is 0 Å². The van der Waals surface area contributed by atoms with Gasteiger partial charge in [0.25, 0.3) is 0 Å². The molecule has 0 saturated heterocycles. The molecule has 0 aliphatic carbocycles. The first-order valence-corrected chi connectivity index (χ1v) is 9.99. The lowest BCUT2D eigenvalue weighted by atomic mass is 9.97. The van der Waals surface area contributed by atoms with Gasteiger partial charge in [-0.2, -0.15) is 0 Å². The van der Waals surface area contributed by atoms with Crippen molar-refractivity contribution in [2.45, 2.75) is 46.2 Å². The number of fused-ring (bicyclic) bond motifs is 3. The Bertz CT molecular complexity index is 1100. The van der Waals surface area contributed by atoms with Crippen molar-refractivity contribution in [3.8, 4) is 17.0 Å². The van der Waals surface area contributed by atoms with Gasteiger partial charge in [-0.3, -0.25) is 0 Å². The minimum atomic E-state index is 0.0927. The monoisotopic (exact) mass is 390 g/mol. The fourth-order valence-corrected chi connectivity index (χ4v) is 3.94. The second-order valence-electron chi connectivity index (χ2n) is 7.56. The highest BCUT2D eigenvalue weighted by molar-refractivity contribution is 5.90. The fraction of sp³-hybridized carbons (Fsp3) is 0.364. The van der Waals surface area contributed by atoms with Crippen molar-refractivity contribution in [1.82, 2.24) is 20.1 Å². The van der Waals surface area contributed by atoms with Crippen LogP contribution in [0.5, 0.6) is 5.75 Å². The van der Waals surface area contributed by atoms with Crippen LogP contribution in [0.4, 0.5) is 0 Å². The van der Waals surface area contributed by atoms with Crippen LogP contribution >= 0.6 is 0 Å². The molecule has 0 amide bonds. The van der Waals surface area contributed by atoms with Gasteiger partial charge < -0.3 is 15.0 Å². The smallest absolute Gasteiger partial charge is 0.221 e. The summed E-state index contributed by atoms with van der Waals surface area (Å²) in [5.41, 5.74) is 4.47. The number of H-pyrrole nitrogens is 1. The summed E-state index contributed by atoms with van der Waals surface area (Å²) in [5, 5.41) is 20.0. The number of guanidine groups is 1. The summed E-state index contributed by atoms with van der Waals surface area (Å²) in [6.07, 6.45) is 2.65. The zero-order chi connectivity index (χ0) is 20.5. The van der Waals surface area contributed by atoms with Crippen LogP contribution in [0.25, 0.3) is 22.3 Å². The number of aliphatic imine (C=N–C) groups is 2. The highest BCUT2D eigenvalue weighted by atomic mass is 16.3. The van der Waals surface area contributed by atoms with Gasteiger partial charge in [0.15, 0.2) is 5.65 Å². The molecular formula is C22H26N6O. The van der Waals surface area contributed by atoms with E-state index >= 15 is 0 Å². The van der Waals surface area contributed by atoms with Gasteiger partial charge in [-0.25, -0.2) is 9.98 Å². The number of rotatable bonds is 2. The second kappa shape index (κ2) is 7.66. The van der Waals surface area contributed by atoms with E-state index < -0.39 is 0 Å². The van der Waals surface area contributed by atoms with E-state index in [0.717, 1.165) is 30.0 Å². The highest BCUT2D eigenvalue weighted by Crippen LogP contribution is 2.37. The topological polar surface area (TPSA) is 89.8 Å². The van der Waals surface area contributed by atoms with Gasteiger partial charge in [0.1, 0.15) is 5.75 Å². The van der Waals surface area contributed by atoms with Crippen LogP contribution < -0.4 is 0 Å². The van der Waals surface area contributed by atoms with E-state index in [-0.39, 0.29) is 17.8 Å². The molecule has 0 fully saturated rings. The molecule has 0 bridgehead atoms. The molecule has 0 radical (unpaired) electrons. The van der Waals surface area contributed by atoms with Crippen molar-refractivity contribution in [2.75, 3.05) is 6.54 Å². The van der Waals surface area contributed by atoms with Crippen molar-refractivity contribution in [3.05, 3.63) is 41.6 Å². The predicted molar refractivity (Wildman–Crippen MR) is 117 cm³/mol. The molecule has 7 nitrogen and oxygen atoms in total. The van der Waals surface area contributed by atoms with Gasteiger partial charge in [-0.1, -0.05) is 12.1 Å². The first-order chi connectivity index (χ1) is 14.0. The molecule has 0 spiro atoms. The van der Waals surface area contributed by atoms with E-state index in [1.165, 1.54) is 11.3 Å². The molecule has 0 unspecified atom stereocenters. The first-order valence-electron chi connectivity index (χ1n) is 9.99. The van der Waals surface area contributed by atoms with E-state index in [2.05, 4.69) is 45.8 Å². The fourth-order valence-electron chi connectivity index (χ4n) is 3.94. The van der Waals surface area contributed by atoms with E-state index in [4.69, 9.17) is 4.99 Å². The Kier molecular flexibility index (Phi) is 5.05. The summed E-state index contributed by atoms with van der Waals surface area (Å²) < 4.78 is 0. The summed E-state index contributed by atoms with van der Waals surface area (Å²) in [4.78, 5) is 14.9. The molecule has 1 aliphatic rings. The SMILES string of the molecule is C/C=N\C(=N/C(C)C)N1CCc2[nH]c3nnc(-c4ccccc4O)cc3c2[C@H]1C. The van der Waals surface area contributed by atoms with Gasteiger partial charge in [-0.05, 0) is 45.9 Å². The quantitative estimate of drug-likeness (QED) is 0.509. The lowest BCUT2D eigenvalue weighted by Gasteiger charge is -2.34. The molecule has 2 aromatic heterocycles. The summed E-state index contributed by atoms with van der Waals surface area (Å²) in [6.45, 7) is 9.04. The summed E-state index contributed by atoms with van der Waals surface area (Å²) >= 11 is 0. The number of aromatic hydroxyl groups is 1. The number of phenols is 1. The molecule has 1 atom stereocenters. The van der Waals surface area contributed by atoms with Gasteiger partial charge >= 0.3 is 0 Å². The number of hydrogen-bond acceptors (Lipinski definition) is 4. The number of benzene rings is 1. The standard InChI is InChI=1S/C22H26N6O/c1-5-23-22(24-13(2)3)28-11-10-17-20(14(28)4)16-12-18(26-27-21(16)25-17)15-8-6-7-9-19(15)29/h5-9,12-14,29H,10-11H2,1-4H3,(H,25,27)/b23-5-,24-22+/t14-/m1/s1. The maximum absolute atomic E-state index is 10.2. The molecule has 150 valence electrons. The third kappa shape index (κ3) is 3.48. The van der Waals surface area contributed by atoms with Crippen LogP contribution in [0.15, 0.2) is 40.3 Å². The van der Waals surface area contributed by atoms with Gasteiger partial charge in [0, 0.05) is 47.4 Å². The zero-order valence-corrected chi connectivity index (χ0v) is 17.2. The van der Waals surface area contributed by atoms with Crippen LogP contribution in [-0.4, -0.2) is 49.9 Å². The number of nitrogens with zero attached hydrogens (tertiary/aromatic N) is 5. The second-order valence-corrected chi connectivity index (χ2v) is 7.56. The summed E-state index contributed by atoms with van der Waals surface area (Å²) in [6, 6.07) is 9.47. The van der Waals surface area contributed by atoms with Crippen molar-refractivity contribution in [1.29, 1.82) is 0 Å². The van der Waals surface area contributed by atoms with Gasteiger partial charge in [-0.15, -0.1) is 10.2 Å². The number of nitrogens with one attached hydrogen (secondary N) is 1. The van der Waals surface area contributed by atoms with Gasteiger partial charge in [0.2, 0.25) is 5.96 Å². The molecule has 4 rings (SSSR count). The Labute approximate surface area is 170 Å². The van der Waals surface area contributed by atoms with Crippen molar-refractivity contribution >= 4 is 23.2 Å². The molecule has 7 heteroatoms. The number of phenolic OH excluding ortho intramolecular Hbond substituents is 1. The normalized spacial score (nSPS) is 17.5. The maximum atomic E-state index is 10.2. The molecule has 0 saturated carbocycles. The molecular weight excluding hydrogens is 364 g/mol. The number of hydrogen-bond donors (Lipinski definition) is 2. The minimum absolute atomic E-state index is 0.0927. The third-order valence-electron chi connectivity index (χ3n) is 5.22. The number of aromatic nitrogens is 3. The average Bonchev–Trinajstić information content (AvgIpc) is 3.06. The molecule has 3 heterocycles. The van der Waals surface area contributed by atoms with Crippen molar-refractivity contribution < 1.29 is 5.11 Å². The molecule has 29 heavy (non-hydrogen) atoms. The molecule has 1 aliphatic heterocycles. The maximum Gasteiger partial charge on any atom is 0.221 e. The Hall–Kier alpha value is -3.22. The largest absolute Gasteiger partial charge is 0.507 e. The van der Waals surface area contributed by atoms with E-state index in [1.54, 1.807) is 18.3 Å². The Morgan fingerprint density at radius 3 is 2.83 bits per heavy atom. The highest BCUT2D eigenvalue weighted by Gasteiger charge is 2.30. The zero-order valence-electron chi connectivity index (χ0n) is 17.2. The first kappa shape index (κ1) is 19.1.